The Bertz CT molecular complexity index is 473. The molecule has 2 aliphatic rings. The van der Waals surface area contributed by atoms with Gasteiger partial charge in [-0.1, -0.05) is 24.1 Å². The van der Waals surface area contributed by atoms with Crippen LogP contribution < -0.4 is 10.1 Å². The van der Waals surface area contributed by atoms with E-state index in [4.69, 9.17) is 4.74 Å². The number of aliphatic hydroxyl groups excluding tert-OH is 1. The third kappa shape index (κ3) is 3.82. The van der Waals surface area contributed by atoms with Crippen LogP contribution in [0.25, 0.3) is 0 Å². The molecule has 0 heterocycles. The molecule has 0 saturated heterocycles. The van der Waals surface area contributed by atoms with E-state index >= 15 is 0 Å². The molecule has 5 atom stereocenters. The van der Waals surface area contributed by atoms with Crippen molar-refractivity contribution in [3.05, 3.63) is 29.8 Å². The first-order valence-electron chi connectivity index (χ1n) is 8.72. The Balaban J connectivity index is 1.37. The van der Waals surface area contributed by atoms with Gasteiger partial charge in [0, 0.05) is 12.6 Å². The van der Waals surface area contributed by atoms with Crippen LogP contribution in [-0.4, -0.2) is 30.4 Å². The van der Waals surface area contributed by atoms with Gasteiger partial charge in [0.05, 0.1) is 0 Å². The van der Waals surface area contributed by atoms with E-state index in [9.17, 15) is 5.11 Å². The number of aliphatic hydroxyl groups is 1. The number of hydrogen-bond acceptors (Lipinski definition) is 3. The topological polar surface area (TPSA) is 41.5 Å². The number of fused-ring (bicyclic) bond motifs is 2. The summed E-state index contributed by atoms with van der Waals surface area (Å²) >= 11 is 0. The van der Waals surface area contributed by atoms with Crippen LogP contribution in [0.1, 0.15) is 38.2 Å². The summed E-state index contributed by atoms with van der Waals surface area (Å²) in [5.74, 6) is 3.54. The van der Waals surface area contributed by atoms with Gasteiger partial charge in [0.2, 0.25) is 0 Å². The first kappa shape index (κ1) is 15.8. The normalized spacial score (nSPS) is 29.5. The molecule has 2 N–H and O–H groups in total. The van der Waals surface area contributed by atoms with E-state index in [1.807, 2.05) is 24.3 Å². The molecule has 0 aromatic heterocycles. The molecule has 0 unspecified atom stereocenters. The van der Waals surface area contributed by atoms with Gasteiger partial charge in [-0.15, -0.1) is 0 Å². The molecule has 3 nitrogen and oxygen atoms in total. The first-order chi connectivity index (χ1) is 10.6. The first-order valence-corrected chi connectivity index (χ1v) is 8.72. The summed E-state index contributed by atoms with van der Waals surface area (Å²) in [7, 11) is 0. The highest BCUT2D eigenvalue weighted by Crippen LogP contribution is 2.49. The standard InChI is InChI=1S/C19H29NO2/c1-13-3-7-18(8-4-13)22-12-17(21)11-20-14(2)19-10-15-5-6-16(19)9-15/h3-4,7-8,14-17,19-21H,5-6,9-12H2,1-2H3/t14-,15-,16-,17+,19+/m1/s1. The van der Waals surface area contributed by atoms with Gasteiger partial charge in [-0.05, 0) is 63.0 Å². The fourth-order valence-electron chi connectivity index (χ4n) is 4.27. The van der Waals surface area contributed by atoms with E-state index in [1.165, 1.54) is 31.2 Å². The molecular weight excluding hydrogens is 274 g/mol. The van der Waals surface area contributed by atoms with E-state index in [-0.39, 0.29) is 0 Å². The summed E-state index contributed by atoms with van der Waals surface area (Å²) in [6.07, 6.45) is 5.23. The second-order valence-electron chi connectivity index (χ2n) is 7.31. The molecule has 22 heavy (non-hydrogen) atoms. The Morgan fingerprint density at radius 3 is 2.64 bits per heavy atom. The highest BCUT2D eigenvalue weighted by atomic mass is 16.5. The van der Waals surface area contributed by atoms with Gasteiger partial charge in [-0.2, -0.15) is 0 Å². The highest BCUT2D eigenvalue weighted by molar-refractivity contribution is 5.26. The quantitative estimate of drug-likeness (QED) is 0.813. The molecule has 2 fully saturated rings. The predicted molar refractivity (Wildman–Crippen MR) is 89.1 cm³/mol. The Kier molecular flexibility index (Phi) is 5.04. The maximum absolute atomic E-state index is 10.1. The zero-order chi connectivity index (χ0) is 15.5. The lowest BCUT2D eigenvalue weighted by Crippen LogP contribution is -2.41. The summed E-state index contributed by atoms with van der Waals surface area (Å²) in [6, 6.07) is 8.46. The lowest BCUT2D eigenvalue weighted by molar-refractivity contribution is 0.0993. The summed E-state index contributed by atoms with van der Waals surface area (Å²) in [5, 5.41) is 13.6. The van der Waals surface area contributed by atoms with E-state index in [0.717, 1.165) is 23.5 Å². The molecule has 0 radical (unpaired) electrons. The lowest BCUT2D eigenvalue weighted by Gasteiger charge is -2.29. The van der Waals surface area contributed by atoms with E-state index in [0.29, 0.717) is 19.2 Å². The number of aryl methyl sites for hydroxylation is 1. The van der Waals surface area contributed by atoms with Crippen molar-refractivity contribution in [3.8, 4) is 5.75 Å². The maximum Gasteiger partial charge on any atom is 0.119 e. The van der Waals surface area contributed by atoms with Crippen molar-refractivity contribution in [1.82, 2.24) is 5.32 Å². The van der Waals surface area contributed by atoms with Gasteiger partial charge >= 0.3 is 0 Å². The van der Waals surface area contributed by atoms with E-state index in [1.54, 1.807) is 0 Å². The predicted octanol–water partition coefficient (Wildman–Crippen LogP) is 3.15. The zero-order valence-corrected chi connectivity index (χ0v) is 13.8. The second kappa shape index (κ2) is 7.01. The third-order valence-corrected chi connectivity index (χ3v) is 5.57. The van der Waals surface area contributed by atoms with Crippen molar-refractivity contribution in [3.63, 3.8) is 0 Å². The minimum Gasteiger partial charge on any atom is -0.491 e. The molecule has 2 saturated carbocycles. The number of benzene rings is 1. The lowest BCUT2D eigenvalue weighted by atomic mass is 9.84. The van der Waals surface area contributed by atoms with Crippen LogP contribution in [0.4, 0.5) is 0 Å². The highest BCUT2D eigenvalue weighted by Gasteiger charge is 2.41. The van der Waals surface area contributed by atoms with Gasteiger partial charge in [-0.3, -0.25) is 0 Å². The van der Waals surface area contributed by atoms with Gasteiger partial charge in [0.15, 0.2) is 0 Å². The number of hydrogen-bond donors (Lipinski definition) is 2. The van der Waals surface area contributed by atoms with Crippen LogP contribution in [-0.2, 0) is 0 Å². The SMILES string of the molecule is Cc1ccc(OC[C@@H](O)CN[C@H](C)[C@@H]2C[C@@H]3CC[C@@H]2C3)cc1. The number of ether oxygens (including phenoxy) is 1. The molecule has 2 bridgehead atoms. The number of nitrogens with one attached hydrogen (secondary N) is 1. The fraction of sp³-hybridized carbons (Fsp3) is 0.684. The Labute approximate surface area is 134 Å². The van der Waals surface area contributed by atoms with Crippen molar-refractivity contribution in [2.24, 2.45) is 17.8 Å². The Morgan fingerprint density at radius 1 is 1.23 bits per heavy atom. The van der Waals surface area contributed by atoms with Crippen LogP contribution >= 0.6 is 0 Å². The van der Waals surface area contributed by atoms with Gasteiger partial charge in [-0.25, -0.2) is 0 Å². The van der Waals surface area contributed by atoms with Gasteiger partial charge in [0.25, 0.3) is 0 Å². The van der Waals surface area contributed by atoms with Crippen molar-refractivity contribution >= 4 is 0 Å². The average molecular weight is 303 g/mol. The van der Waals surface area contributed by atoms with E-state index < -0.39 is 6.10 Å². The minimum absolute atomic E-state index is 0.347. The van der Waals surface area contributed by atoms with Crippen molar-refractivity contribution in [2.45, 2.75) is 51.7 Å². The van der Waals surface area contributed by atoms with Crippen LogP contribution in [0, 0.1) is 24.7 Å². The Morgan fingerprint density at radius 2 is 2.00 bits per heavy atom. The fourth-order valence-corrected chi connectivity index (χ4v) is 4.27. The monoisotopic (exact) mass is 303 g/mol. The molecule has 1 aromatic rings. The minimum atomic E-state index is -0.456. The summed E-state index contributed by atoms with van der Waals surface area (Å²) < 4.78 is 5.64. The molecule has 122 valence electrons. The average Bonchev–Trinajstić information content (AvgIpc) is 3.15. The van der Waals surface area contributed by atoms with Crippen molar-refractivity contribution in [2.75, 3.05) is 13.2 Å². The van der Waals surface area contributed by atoms with Crippen LogP contribution in [0.15, 0.2) is 24.3 Å². The molecule has 0 aliphatic heterocycles. The largest absolute Gasteiger partial charge is 0.491 e. The van der Waals surface area contributed by atoms with Crippen LogP contribution in [0.2, 0.25) is 0 Å². The zero-order valence-electron chi connectivity index (χ0n) is 13.8. The van der Waals surface area contributed by atoms with E-state index in [2.05, 4.69) is 19.2 Å². The van der Waals surface area contributed by atoms with Crippen molar-refractivity contribution in [1.29, 1.82) is 0 Å². The molecule has 3 heteroatoms. The molecule has 1 aromatic carbocycles. The summed E-state index contributed by atoms with van der Waals surface area (Å²) in [6.45, 7) is 5.29. The van der Waals surface area contributed by atoms with Crippen LogP contribution in [0.5, 0.6) is 5.75 Å². The van der Waals surface area contributed by atoms with Gasteiger partial charge < -0.3 is 15.2 Å². The molecular formula is C19H29NO2. The summed E-state index contributed by atoms with van der Waals surface area (Å²) in [5.41, 5.74) is 1.22. The molecule has 2 aliphatic carbocycles. The summed E-state index contributed by atoms with van der Waals surface area (Å²) in [4.78, 5) is 0. The Hall–Kier alpha value is -1.06. The smallest absolute Gasteiger partial charge is 0.119 e. The van der Waals surface area contributed by atoms with Crippen LogP contribution in [0.3, 0.4) is 0 Å². The number of rotatable bonds is 7. The van der Waals surface area contributed by atoms with Crippen molar-refractivity contribution < 1.29 is 9.84 Å². The molecule has 3 rings (SSSR count). The maximum atomic E-state index is 10.1. The molecule has 0 spiro atoms. The third-order valence-electron chi connectivity index (χ3n) is 5.57. The molecule has 0 amide bonds. The van der Waals surface area contributed by atoms with Gasteiger partial charge in [0.1, 0.15) is 18.5 Å². The second-order valence-corrected chi connectivity index (χ2v) is 7.31.